The molecule has 1 aromatic heterocycles. The Morgan fingerprint density at radius 3 is 3.00 bits per heavy atom. The summed E-state index contributed by atoms with van der Waals surface area (Å²) in [6.07, 6.45) is 1.19. The fourth-order valence-electron chi connectivity index (χ4n) is 1.02. The Balaban J connectivity index is 2.77. The van der Waals surface area contributed by atoms with E-state index in [-0.39, 0.29) is 10.7 Å². The Bertz CT molecular complexity index is 480. The van der Waals surface area contributed by atoms with Crippen LogP contribution in [0.15, 0.2) is 22.9 Å². The van der Waals surface area contributed by atoms with E-state index in [1.165, 1.54) is 18.5 Å². The first-order valence-electron chi connectivity index (χ1n) is 3.35. The molecule has 66 valence electrons. The van der Waals surface area contributed by atoms with Gasteiger partial charge in [0.1, 0.15) is 5.52 Å². The number of hydrogen-bond acceptors (Lipinski definition) is 4. The number of benzene rings is 1. The third-order valence-corrected chi connectivity index (χ3v) is 1.86. The lowest BCUT2D eigenvalue weighted by atomic mass is 10.3. The van der Waals surface area contributed by atoms with Crippen molar-refractivity contribution in [3.63, 3.8) is 0 Å². The van der Waals surface area contributed by atoms with Gasteiger partial charge >= 0.3 is 0 Å². The van der Waals surface area contributed by atoms with Gasteiger partial charge in [0.2, 0.25) is 0 Å². The molecule has 0 aliphatic heterocycles. The zero-order chi connectivity index (χ0) is 9.42. The lowest BCUT2D eigenvalue weighted by Gasteiger charge is -1.92. The van der Waals surface area contributed by atoms with E-state index in [1.807, 2.05) is 0 Å². The molecule has 0 N–H and O–H groups in total. The van der Waals surface area contributed by atoms with Gasteiger partial charge in [-0.2, -0.15) is 0 Å². The molecule has 2 aromatic rings. The lowest BCUT2D eigenvalue weighted by molar-refractivity contribution is -0.384. The molecule has 1 heterocycles. The van der Waals surface area contributed by atoms with Crippen LogP contribution >= 0.6 is 11.6 Å². The number of non-ortho nitro benzene ring substituents is 1. The first-order valence-corrected chi connectivity index (χ1v) is 3.73. The summed E-state index contributed by atoms with van der Waals surface area (Å²) in [6, 6.07) is 2.54. The monoisotopic (exact) mass is 198 g/mol. The standard InChI is InChI=1S/C7H3ClN2O3/c8-5-1-4(10(11)12)2-6-7(5)13-3-9-6/h1-3H. The molecule has 2 rings (SSSR count). The molecule has 0 fully saturated rings. The van der Waals surface area contributed by atoms with E-state index in [4.69, 9.17) is 16.0 Å². The van der Waals surface area contributed by atoms with Gasteiger partial charge in [0.05, 0.1) is 9.95 Å². The molecule has 0 bridgehead atoms. The van der Waals surface area contributed by atoms with Gasteiger partial charge in [-0.25, -0.2) is 4.98 Å². The van der Waals surface area contributed by atoms with Crippen molar-refractivity contribution in [1.29, 1.82) is 0 Å². The zero-order valence-corrected chi connectivity index (χ0v) is 6.99. The molecule has 0 saturated heterocycles. The van der Waals surface area contributed by atoms with Crippen molar-refractivity contribution in [3.05, 3.63) is 33.7 Å². The van der Waals surface area contributed by atoms with E-state index in [2.05, 4.69) is 4.98 Å². The van der Waals surface area contributed by atoms with Crippen molar-refractivity contribution in [2.45, 2.75) is 0 Å². The Morgan fingerprint density at radius 2 is 2.31 bits per heavy atom. The first-order chi connectivity index (χ1) is 6.18. The van der Waals surface area contributed by atoms with Gasteiger partial charge in [-0.05, 0) is 0 Å². The number of nitro groups is 1. The summed E-state index contributed by atoms with van der Waals surface area (Å²) in [5.74, 6) is 0. The first kappa shape index (κ1) is 8.00. The van der Waals surface area contributed by atoms with E-state index in [0.717, 1.165) is 0 Å². The fourth-order valence-corrected chi connectivity index (χ4v) is 1.27. The molecule has 0 atom stereocenters. The van der Waals surface area contributed by atoms with Crippen LogP contribution in [0.1, 0.15) is 0 Å². The second-order valence-electron chi connectivity index (χ2n) is 2.39. The molecule has 6 heteroatoms. The average Bonchev–Trinajstić information content (AvgIpc) is 2.51. The van der Waals surface area contributed by atoms with Gasteiger partial charge < -0.3 is 4.42 Å². The summed E-state index contributed by atoms with van der Waals surface area (Å²) < 4.78 is 4.92. The number of nitrogens with zero attached hydrogens (tertiary/aromatic N) is 2. The topological polar surface area (TPSA) is 69.2 Å². The quantitative estimate of drug-likeness (QED) is 0.521. The third-order valence-electron chi connectivity index (χ3n) is 1.58. The Hall–Kier alpha value is -1.62. The lowest BCUT2D eigenvalue weighted by Crippen LogP contribution is -1.87. The maximum absolute atomic E-state index is 10.4. The van der Waals surface area contributed by atoms with Crippen LogP contribution < -0.4 is 0 Å². The van der Waals surface area contributed by atoms with Crippen molar-refractivity contribution >= 4 is 28.4 Å². The van der Waals surface area contributed by atoms with E-state index in [0.29, 0.717) is 11.1 Å². The highest BCUT2D eigenvalue weighted by Crippen LogP contribution is 2.27. The van der Waals surface area contributed by atoms with Crippen LogP contribution in [0.2, 0.25) is 5.02 Å². The summed E-state index contributed by atoms with van der Waals surface area (Å²) in [5.41, 5.74) is 0.665. The molecule has 0 aliphatic carbocycles. The van der Waals surface area contributed by atoms with Crippen molar-refractivity contribution < 1.29 is 9.34 Å². The van der Waals surface area contributed by atoms with Gasteiger partial charge in [-0.15, -0.1) is 0 Å². The maximum Gasteiger partial charge on any atom is 0.273 e. The number of oxazole rings is 1. The summed E-state index contributed by atoms with van der Waals surface area (Å²) in [7, 11) is 0. The van der Waals surface area contributed by atoms with Crippen molar-refractivity contribution in [2.24, 2.45) is 0 Å². The van der Waals surface area contributed by atoms with Crippen LogP contribution in [0.25, 0.3) is 11.1 Å². The van der Waals surface area contributed by atoms with E-state index in [9.17, 15) is 10.1 Å². The number of fused-ring (bicyclic) bond motifs is 1. The SMILES string of the molecule is O=[N+]([O-])c1cc(Cl)c2ocnc2c1. The van der Waals surface area contributed by atoms with Gasteiger partial charge in [-0.3, -0.25) is 10.1 Å². The van der Waals surface area contributed by atoms with Crippen molar-refractivity contribution in [1.82, 2.24) is 4.98 Å². The largest absolute Gasteiger partial charge is 0.442 e. The molecule has 13 heavy (non-hydrogen) atoms. The molecule has 0 saturated carbocycles. The van der Waals surface area contributed by atoms with Crippen LogP contribution in [0.3, 0.4) is 0 Å². The molecule has 1 aromatic carbocycles. The second kappa shape index (κ2) is 2.70. The molecule has 0 unspecified atom stereocenters. The molecule has 0 spiro atoms. The molecular weight excluding hydrogens is 196 g/mol. The number of nitro benzene ring substituents is 1. The Morgan fingerprint density at radius 1 is 1.54 bits per heavy atom. The van der Waals surface area contributed by atoms with Crippen LogP contribution in [0.5, 0.6) is 0 Å². The molecule has 0 amide bonds. The van der Waals surface area contributed by atoms with Gasteiger partial charge in [0, 0.05) is 12.1 Å². The van der Waals surface area contributed by atoms with Crippen LogP contribution in [-0.4, -0.2) is 9.91 Å². The fraction of sp³-hybridized carbons (Fsp3) is 0. The third kappa shape index (κ3) is 1.23. The molecular formula is C7H3ClN2O3. The number of aromatic nitrogens is 1. The normalized spacial score (nSPS) is 10.5. The highest BCUT2D eigenvalue weighted by molar-refractivity contribution is 6.34. The molecule has 0 aliphatic rings. The van der Waals surface area contributed by atoms with Crippen molar-refractivity contribution in [3.8, 4) is 0 Å². The minimum Gasteiger partial charge on any atom is -0.442 e. The molecule has 0 radical (unpaired) electrons. The van der Waals surface area contributed by atoms with Crippen LogP contribution in [-0.2, 0) is 0 Å². The summed E-state index contributed by atoms with van der Waals surface area (Å²) >= 11 is 5.71. The number of rotatable bonds is 1. The summed E-state index contributed by atoms with van der Waals surface area (Å²) in [6.45, 7) is 0. The minimum absolute atomic E-state index is 0.0913. The van der Waals surface area contributed by atoms with E-state index < -0.39 is 4.92 Å². The number of hydrogen-bond donors (Lipinski definition) is 0. The highest BCUT2D eigenvalue weighted by atomic mass is 35.5. The predicted molar refractivity (Wildman–Crippen MR) is 45.7 cm³/mol. The van der Waals surface area contributed by atoms with Gasteiger partial charge in [-0.1, -0.05) is 11.6 Å². The van der Waals surface area contributed by atoms with Crippen LogP contribution in [0, 0.1) is 10.1 Å². The maximum atomic E-state index is 10.4. The summed E-state index contributed by atoms with van der Waals surface area (Å²) in [4.78, 5) is 13.6. The Labute approximate surface area is 77.1 Å². The zero-order valence-electron chi connectivity index (χ0n) is 6.23. The second-order valence-corrected chi connectivity index (χ2v) is 2.79. The van der Waals surface area contributed by atoms with Crippen LogP contribution in [0.4, 0.5) is 5.69 Å². The number of halogens is 1. The minimum atomic E-state index is -0.528. The summed E-state index contributed by atoms with van der Waals surface area (Å²) in [5, 5.41) is 10.6. The Kier molecular flexibility index (Phi) is 1.66. The highest BCUT2D eigenvalue weighted by Gasteiger charge is 2.12. The predicted octanol–water partition coefficient (Wildman–Crippen LogP) is 2.39. The average molecular weight is 199 g/mol. The van der Waals surface area contributed by atoms with E-state index >= 15 is 0 Å². The van der Waals surface area contributed by atoms with Gasteiger partial charge in [0.15, 0.2) is 12.0 Å². The smallest absolute Gasteiger partial charge is 0.273 e. The van der Waals surface area contributed by atoms with Crippen molar-refractivity contribution in [2.75, 3.05) is 0 Å². The van der Waals surface area contributed by atoms with Gasteiger partial charge in [0.25, 0.3) is 5.69 Å². The van der Waals surface area contributed by atoms with E-state index in [1.54, 1.807) is 0 Å². The molecule has 5 nitrogen and oxygen atoms in total.